The van der Waals surface area contributed by atoms with Gasteiger partial charge in [-0.05, 0) is 37.9 Å². The number of hydrogen-bond donors (Lipinski definition) is 1. The van der Waals surface area contributed by atoms with Crippen molar-refractivity contribution in [1.29, 1.82) is 0 Å². The minimum Gasteiger partial charge on any atom is -0.466 e. The van der Waals surface area contributed by atoms with Gasteiger partial charge in [0.15, 0.2) is 8.32 Å². The van der Waals surface area contributed by atoms with Gasteiger partial charge in [-0.2, -0.15) is 0 Å². The molecule has 0 radical (unpaired) electrons. The fourth-order valence-corrected chi connectivity index (χ4v) is 3.70. The van der Waals surface area contributed by atoms with Crippen molar-refractivity contribution in [1.82, 2.24) is 5.32 Å². The summed E-state index contributed by atoms with van der Waals surface area (Å²) in [5.41, 5.74) is 0. The number of carbonyl (C=O) groups excluding carboxylic acids is 2. The van der Waals surface area contributed by atoms with Gasteiger partial charge in [0.25, 0.3) is 0 Å². The first kappa shape index (κ1) is 19.2. The number of rotatable bonds is 6. The van der Waals surface area contributed by atoms with Crippen molar-refractivity contribution in [3.05, 3.63) is 0 Å². The highest BCUT2D eigenvalue weighted by molar-refractivity contribution is 6.74. The molecule has 1 saturated heterocycles. The van der Waals surface area contributed by atoms with E-state index in [0.29, 0.717) is 25.9 Å². The van der Waals surface area contributed by atoms with E-state index in [1.165, 1.54) is 0 Å². The number of hydrogen-bond acceptors (Lipinski definition) is 4. The van der Waals surface area contributed by atoms with Gasteiger partial charge in [0.05, 0.1) is 18.8 Å². The van der Waals surface area contributed by atoms with Crippen LogP contribution in [0.4, 0.5) is 0 Å². The molecule has 1 fully saturated rings. The third-order valence-electron chi connectivity index (χ3n) is 4.67. The molecule has 1 heterocycles. The van der Waals surface area contributed by atoms with Gasteiger partial charge >= 0.3 is 5.97 Å². The van der Waals surface area contributed by atoms with Gasteiger partial charge in [0, 0.05) is 12.8 Å². The molecule has 0 saturated carbocycles. The predicted molar refractivity (Wildman–Crippen MR) is 89.1 cm³/mol. The molecule has 0 unspecified atom stereocenters. The first-order chi connectivity index (χ1) is 10.1. The fraction of sp³-hybridized carbons (Fsp3) is 0.875. The molecule has 1 aliphatic rings. The van der Waals surface area contributed by atoms with E-state index in [2.05, 4.69) is 39.2 Å². The number of nitrogens with one attached hydrogen (secondary N) is 1. The molecule has 0 aliphatic carbocycles. The number of amides is 1. The van der Waals surface area contributed by atoms with Crippen LogP contribution in [0.25, 0.3) is 0 Å². The molecule has 1 rings (SSSR count). The van der Waals surface area contributed by atoms with Crippen molar-refractivity contribution in [3.63, 3.8) is 0 Å². The Morgan fingerprint density at radius 1 is 1.36 bits per heavy atom. The zero-order chi connectivity index (χ0) is 17.0. The Labute approximate surface area is 135 Å². The van der Waals surface area contributed by atoms with Crippen LogP contribution < -0.4 is 5.32 Å². The molecule has 1 N–H and O–H groups in total. The molecule has 0 bridgehead atoms. The van der Waals surface area contributed by atoms with Crippen molar-refractivity contribution < 1.29 is 18.8 Å². The molecule has 0 aromatic heterocycles. The highest BCUT2D eigenvalue weighted by Gasteiger charge is 2.42. The molecular weight excluding hydrogens is 298 g/mol. The van der Waals surface area contributed by atoms with Crippen molar-refractivity contribution in [2.24, 2.45) is 0 Å². The molecule has 6 heteroatoms. The molecule has 2 atom stereocenters. The third-order valence-corrected chi connectivity index (χ3v) is 9.17. The van der Waals surface area contributed by atoms with E-state index >= 15 is 0 Å². The number of piperidine rings is 1. The molecule has 1 aliphatic heterocycles. The van der Waals surface area contributed by atoms with Crippen molar-refractivity contribution in [2.45, 2.75) is 83.7 Å². The van der Waals surface area contributed by atoms with Crippen molar-refractivity contribution in [2.75, 3.05) is 6.61 Å². The van der Waals surface area contributed by atoms with Crippen LogP contribution in [0.15, 0.2) is 0 Å². The summed E-state index contributed by atoms with van der Waals surface area (Å²) in [7, 11) is -1.89. The minimum atomic E-state index is -1.89. The van der Waals surface area contributed by atoms with Crippen LogP contribution in [-0.4, -0.2) is 38.9 Å². The largest absolute Gasteiger partial charge is 0.466 e. The van der Waals surface area contributed by atoms with E-state index in [4.69, 9.17) is 9.16 Å². The topological polar surface area (TPSA) is 64.6 Å². The lowest BCUT2D eigenvalue weighted by Gasteiger charge is -2.43. The maximum atomic E-state index is 11.7. The van der Waals surface area contributed by atoms with E-state index in [9.17, 15) is 9.59 Å². The maximum Gasteiger partial charge on any atom is 0.305 e. The van der Waals surface area contributed by atoms with E-state index in [-0.39, 0.29) is 29.1 Å². The predicted octanol–water partition coefficient (Wildman–Crippen LogP) is 3.00. The van der Waals surface area contributed by atoms with Gasteiger partial charge < -0.3 is 14.5 Å². The summed E-state index contributed by atoms with van der Waals surface area (Å²) in [6.07, 6.45) is 2.11. The normalized spacial score (nSPS) is 23.1. The minimum absolute atomic E-state index is 0.00646. The van der Waals surface area contributed by atoms with Crippen molar-refractivity contribution in [3.8, 4) is 0 Å². The van der Waals surface area contributed by atoms with E-state index in [1.54, 1.807) is 6.92 Å². The zero-order valence-electron chi connectivity index (χ0n) is 14.8. The highest BCUT2D eigenvalue weighted by atomic mass is 28.4. The molecule has 128 valence electrons. The van der Waals surface area contributed by atoms with E-state index in [1.807, 2.05) is 0 Å². The van der Waals surface area contributed by atoms with Crippen LogP contribution in [-0.2, 0) is 18.8 Å². The second-order valence-corrected chi connectivity index (χ2v) is 12.2. The summed E-state index contributed by atoms with van der Waals surface area (Å²) in [6.45, 7) is 13.2. The molecule has 5 nitrogen and oxygen atoms in total. The van der Waals surface area contributed by atoms with Gasteiger partial charge in [-0.3, -0.25) is 9.59 Å². The standard InChI is InChI=1S/C16H31NO4Si/c1-7-20-15(19)11-8-12-13(9-10-14(18)17-12)21-22(5,6)16(2,3)4/h12-13H,7-11H2,1-6H3,(H,17,18)/t12-,13+/m0/s1. The summed E-state index contributed by atoms with van der Waals surface area (Å²) in [5, 5.41) is 3.11. The Bertz CT molecular complexity index is 403. The summed E-state index contributed by atoms with van der Waals surface area (Å²) in [4.78, 5) is 23.2. The lowest BCUT2D eigenvalue weighted by molar-refractivity contribution is -0.143. The first-order valence-corrected chi connectivity index (χ1v) is 11.1. The maximum absolute atomic E-state index is 11.7. The fourth-order valence-electron chi connectivity index (χ4n) is 2.31. The summed E-state index contributed by atoms with van der Waals surface area (Å²) < 4.78 is 11.4. The van der Waals surface area contributed by atoms with Gasteiger partial charge in [0.1, 0.15) is 0 Å². The van der Waals surface area contributed by atoms with Gasteiger partial charge in [-0.25, -0.2) is 0 Å². The van der Waals surface area contributed by atoms with Gasteiger partial charge in [0.2, 0.25) is 5.91 Å². The molecule has 0 aromatic carbocycles. The van der Waals surface area contributed by atoms with Gasteiger partial charge in [-0.15, -0.1) is 0 Å². The van der Waals surface area contributed by atoms with Gasteiger partial charge in [-0.1, -0.05) is 20.8 Å². The monoisotopic (exact) mass is 329 g/mol. The average molecular weight is 330 g/mol. The van der Waals surface area contributed by atoms with Crippen LogP contribution >= 0.6 is 0 Å². The first-order valence-electron chi connectivity index (χ1n) is 8.19. The lowest BCUT2D eigenvalue weighted by atomic mass is 9.97. The van der Waals surface area contributed by atoms with Crippen LogP contribution in [0.3, 0.4) is 0 Å². The second-order valence-electron chi connectivity index (χ2n) is 7.47. The SMILES string of the molecule is CCOC(=O)CC[C@@H]1NC(=O)CC[C@H]1O[Si](C)(C)C(C)(C)C. The Hall–Kier alpha value is -0.883. The third kappa shape index (κ3) is 5.39. The number of ether oxygens (including phenoxy) is 1. The van der Waals surface area contributed by atoms with Crippen LogP contribution in [0.2, 0.25) is 18.1 Å². The molecule has 22 heavy (non-hydrogen) atoms. The Kier molecular flexibility index (Phi) is 6.61. The van der Waals surface area contributed by atoms with Crippen molar-refractivity contribution >= 4 is 20.2 Å². The van der Waals surface area contributed by atoms with E-state index in [0.717, 1.165) is 6.42 Å². The number of carbonyl (C=O) groups is 2. The smallest absolute Gasteiger partial charge is 0.305 e. The lowest BCUT2D eigenvalue weighted by Crippen LogP contribution is -2.54. The summed E-state index contributed by atoms with van der Waals surface area (Å²) in [5.74, 6) is -0.169. The highest BCUT2D eigenvalue weighted by Crippen LogP contribution is 2.38. The molecular formula is C16H31NO4Si. The Morgan fingerprint density at radius 3 is 2.55 bits per heavy atom. The second kappa shape index (κ2) is 7.59. The van der Waals surface area contributed by atoms with Crippen LogP contribution in [0, 0.1) is 0 Å². The Balaban J connectivity index is 2.69. The zero-order valence-corrected chi connectivity index (χ0v) is 15.8. The number of esters is 1. The molecule has 0 aromatic rings. The Morgan fingerprint density at radius 2 is 2.00 bits per heavy atom. The van der Waals surface area contributed by atoms with Crippen LogP contribution in [0.5, 0.6) is 0 Å². The quantitative estimate of drug-likeness (QED) is 0.601. The van der Waals surface area contributed by atoms with E-state index < -0.39 is 8.32 Å². The van der Waals surface area contributed by atoms with Crippen LogP contribution in [0.1, 0.15) is 53.4 Å². The summed E-state index contributed by atoms with van der Waals surface area (Å²) >= 11 is 0. The molecule has 0 spiro atoms. The average Bonchev–Trinajstić information content (AvgIpc) is 2.38. The summed E-state index contributed by atoms with van der Waals surface area (Å²) in [6, 6.07) is -0.0974. The molecule has 1 amide bonds.